The van der Waals surface area contributed by atoms with Gasteiger partial charge in [0.1, 0.15) is 5.82 Å². The van der Waals surface area contributed by atoms with Crippen LogP contribution < -0.4 is 9.62 Å². The SMILES string of the molecule is O=S(=O)(c1cccc(F)c1)N1CCNCc2ccccc21. The summed E-state index contributed by atoms with van der Waals surface area (Å²) in [7, 11) is -3.77. The number of nitrogens with one attached hydrogen (secondary N) is 1. The second-order valence-corrected chi connectivity index (χ2v) is 6.70. The van der Waals surface area contributed by atoms with Crippen molar-refractivity contribution in [2.75, 3.05) is 17.4 Å². The topological polar surface area (TPSA) is 49.4 Å². The molecule has 4 nitrogen and oxygen atoms in total. The minimum atomic E-state index is -3.77. The zero-order valence-corrected chi connectivity index (χ0v) is 12.1. The monoisotopic (exact) mass is 306 g/mol. The highest BCUT2D eigenvalue weighted by Gasteiger charge is 2.27. The van der Waals surface area contributed by atoms with Crippen molar-refractivity contribution >= 4 is 15.7 Å². The molecule has 2 aromatic rings. The molecule has 1 heterocycles. The molecule has 1 aliphatic rings. The number of para-hydroxylation sites is 1. The Bertz CT molecular complexity index is 762. The van der Waals surface area contributed by atoms with Gasteiger partial charge in [0.2, 0.25) is 0 Å². The minimum absolute atomic E-state index is 0.0285. The average molecular weight is 306 g/mol. The van der Waals surface area contributed by atoms with E-state index in [1.807, 2.05) is 12.1 Å². The van der Waals surface area contributed by atoms with Crippen LogP contribution in [0.2, 0.25) is 0 Å². The van der Waals surface area contributed by atoms with Crippen molar-refractivity contribution in [3.63, 3.8) is 0 Å². The molecule has 0 fully saturated rings. The second kappa shape index (κ2) is 5.46. The molecular weight excluding hydrogens is 291 g/mol. The number of fused-ring (bicyclic) bond motifs is 1. The first kappa shape index (κ1) is 14.0. The average Bonchev–Trinajstić information content (AvgIpc) is 2.70. The van der Waals surface area contributed by atoms with E-state index in [0.29, 0.717) is 25.3 Å². The molecule has 3 rings (SSSR count). The molecular formula is C15H15FN2O2S. The lowest BCUT2D eigenvalue weighted by Crippen LogP contribution is -2.34. The molecule has 0 aliphatic carbocycles. The molecule has 1 aliphatic heterocycles. The predicted octanol–water partition coefficient (Wildman–Crippen LogP) is 2.12. The Hall–Kier alpha value is -1.92. The van der Waals surface area contributed by atoms with Crippen LogP contribution in [0.1, 0.15) is 5.56 Å². The van der Waals surface area contributed by atoms with E-state index < -0.39 is 15.8 Å². The molecule has 0 saturated carbocycles. The summed E-state index contributed by atoms with van der Waals surface area (Å²) in [5, 5.41) is 3.19. The van der Waals surface area contributed by atoms with Crippen LogP contribution in [-0.4, -0.2) is 21.5 Å². The van der Waals surface area contributed by atoms with Crippen LogP contribution in [-0.2, 0) is 16.6 Å². The summed E-state index contributed by atoms with van der Waals surface area (Å²) in [5.74, 6) is -0.558. The van der Waals surface area contributed by atoms with E-state index in [0.717, 1.165) is 11.6 Å². The molecule has 0 amide bonds. The standard InChI is InChI=1S/C15H15FN2O2S/c16-13-5-3-6-14(10-13)21(19,20)18-9-8-17-11-12-4-1-2-7-15(12)18/h1-7,10,17H,8-9,11H2. The van der Waals surface area contributed by atoms with Crippen LogP contribution in [0.15, 0.2) is 53.4 Å². The summed E-state index contributed by atoms with van der Waals surface area (Å²) in [5.41, 5.74) is 1.56. The number of hydrogen-bond acceptors (Lipinski definition) is 3. The van der Waals surface area contributed by atoms with Crippen LogP contribution in [0.5, 0.6) is 0 Å². The van der Waals surface area contributed by atoms with E-state index in [1.54, 1.807) is 12.1 Å². The van der Waals surface area contributed by atoms with Gasteiger partial charge in [0, 0.05) is 19.6 Å². The fourth-order valence-electron chi connectivity index (χ4n) is 2.43. The molecule has 0 radical (unpaired) electrons. The van der Waals surface area contributed by atoms with Gasteiger partial charge in [-0.3, -0.25) is 4.31 Å². The molecule has 0 unspecified atom stereocenters. The quantitative estimate of drug-likeness (QED) is 0.924. The van der Waals surface area contributed by atoms with Crippen molar-refractivity contribution in [2.45, 2.75) is 11.4 Å². The Morgan fingerprint density at radius 3 is 2.71 bits per heavy atom. The zero-order valence-electron chi connectivity index (χ0n) is 11.3. The van der Waals surface area contributed by atoms with E-state index in [1.165, 1.54) is 22.5 Å². The predicted molar refractivity (Wildman–Crippen MR) is 79.1 cm³/mol. The highest BCUT2D eigenvalue weighted by Crippen LogP contribution is 2.28. The number of nitrogens with zero attached hydrogens (tertiary/aromatic N) is 1. The molecule has 0 aromatic heterocycles. The van der Waals surface area contributed by atoms with Crippen LogP contribution >= 0.6 is 0 Å². The maximum absolute atomic E-state index is 13.3. The van der Waals surface area contributed by atoms with Crippen LogP contribution in [0, 0.1) is 5.82 Å². The molecule has 0 bridgehead atoms. The molecule has 6 heteroatoms. The number of hydrogen-bond donors (Lipinski definition) is 1. The van der Waals surface area contributed by atoms with E-state index in [4.69, 9.17) is 0 Å². The number of benzene rings is 2. The van der Waals surface area contributed by atoms with Crippen LogP contribution in [0.25, 0.3) is 0 Å². The maximum atomic E-state index is 13.3. The van der Waals surface area contributed by atoms with E-state index >= 15 is 0 Å². The number of halogens is 1. The summed E-state index contributed by atoms with van der Waals surface area (Å²) in [6, 6.07) is 12.5. The molecule has 21 heavy (non-hydrogen) atoms. The largest absolute Gasteiger partial charge is 0.311 e. The molecule has 0 saturated heterocycles. The van der Waals surface area contributed by atoms with Crippen molar-refractivity contribution in [3.05, 3.63) is 59.9 Å². The molecule has 0 spiro atoms. The summed E-state index contributed by atoms with van der Waals surface area (Å²) >= 11 is 0. The highest BCUT2D eigenvalue weighted by atomic mass is 32.2. The second-order valence-electron chi connectivity index (χ2n) is 4.84. The first-order valence-corrected chi connectivity index (χ1v) is 8.10. The van der Waals surface area contributed by atoms with Crippen molar-refractivity contribution in [2.24, 2.45) is 0 Å². The third-order valence-electron chi connectivity index (χ3n) is 3.45. The Balaban J connectivity index is 2.11. The van der Waals surface area contributed by atoms with Crippen LogP contribution in [0.4, 0.5) is 10.1 Å². The Labute approximate surface area is 123 Å². The first-order valence-electron chi connectivity index (χ1n) is 6.66. The zero-order chi connectivity index (χ0) is 14.9. The lowest BCUT2D eigenvalue weighted by atomic mass is 10.2. The first-order chi connectivity index (χ1) is 10.1. The van der Waals surface area contributed by atoms with Gasteiger partial charge in [-0.05, 0) is 29.8 Å². The summed E-state index contributed by atoms with van der Waals surface area (Å²) in [4.78, 5) is -0.0285. The lowest BCUT2D eigenvalue weighted by molar-refractivity contribution is 0.585. The van der Waals surface area contributed by atoms with Crippen LogP contribution in [0.3, 0.4) is 0 Å². The Kier molecular flexibility index (Phi) is 3.65. The lowest BCUT2D eigenvalue weighted by Gasteiger charge is -2.24. The van der Waals surface area contributed by atoms with Gasteiger partial charge in [0.25, 0.3) is 10.0 Å². The summed E-state index contributed by atoms with van der Waals surface area (Å²) < 4.78 is 40.3. The fraction of sp³-hybridized carbons (Fsp3) is 0.200. The van der Waals surface area contributed by atoms with Gasteiger partial charge in [-0.25, -0.2) is 12.8 Å². The van der Waals surface area contributed by atoms with Gasteiger partial charge in [0.05, 0.1) is 10.6 Å². The number of rotatable bonds is 2. The van der Waals surface area contributed by atoms with Gasteiger partial charge in [-0.2, -0.15) is 0 Å². The number of anilines is 1. The maximum Gasteiger partial charge on any atom is 0.264 e. The molecule has 0 atom stereocenters. The number of sulfonamides is 1. The highest BCUT2D eigenvalue weighted by molar-refractivity contribution is 7.92. The van der Waals surface area contributed by atoms with Crippen molar-refractivity contribution in [1.29, 1.82) is 0 Å². The van der Waals surface area contributed by atoms with Gasteiger partial charge < -0.3 is 5.32 Å². The summed E-state index contributed by atoms with van der Waals surface area (Å²) in [6.45, 7) is 1.48. The van der Waals surface area contributed by atoms with E-state index in [9.17, 15) is 12.8 Å². The minimum Gasteiger partial charge on any atom is -0.311 e. The van der Waals surface area contributed by atoms with Crippen molar-refractivity contribution in [1.82, 2.24) is 5.32 Å². The van der Waals surface area contributed by atoms with Crippen molar-refractivity contribution < 1.29 is 12.8 Å². The van der Waals surface area contributed by atoms with Gasteiger partial charge in [-0.1, -0.05) is 24.3 Å². The van der Waals surface area contributed by atoms with Gasteiger partial charge >= 0.3 is 0 Å². The van der Waals surface area contributed by atoms with Gasteiger partial charge in [-0.15, -0.1) is 0 Å². The van der Waals surface area contributed by atoms with Gasteiger partial charge in [0.15, 0.2) is 0 Å². The van der Waals surface area contributed by atoms with Crippen molar-refractivity contribution in [3.8, 4) is 0 Å². The third-order valence-corrected chi connectivity index (χ3v) is 5.26. The third kappa shape index (κ3) is 2.64. The van der Waals surface area contributed by atoms with E-state index in [2.05, 4.69) is 5.32 Å². The molecule has 110 valence electrons. The summed E-state index contributed by atoms with van der Waals surface area (Å²) in [6.07, 6.45) is 0. The normalized spacial score (nSPS) is 15.4. The Morgan fingerprint density at radius 2 is 1.90 bits per heavy atom. The molecule has 2 aromatic carbocycles. The Morgan fingerprint density at radius 1 is 1.10 bits per heavy atom. The fourth-order valence-corrected chi connectivity index (χ4v) is 3.97. The molecule has 1 N–H and O–H groups in total. The smallest absolute Gasteiger partial charge is 0.264 e. The van der Waals surface area contributed by atoms with E-state index in [-0.39, 0.29) is 4.90 Å².